The summed E-state index contributed by atoms with van der Waals surface area (Å²) in [6.45, 7) is 2.36. The number of hydrogen-bond acceptors (Lipinski definition) is 18. The Morgan fingerprint density at radius 1 is 0.220 bits per heavy atom. The van der Waals surface area contributed by atoms with Gasteiger partial charge in [-0.15, -0.1) is 0 Å². The average Bonchev–Trinajstić information content (AvgIpc) is 1.76. The van der Waals surface area contributed by atoms with E-state index in [9.17, 15) is 71.9 Å². The summed E-state index contributed by atoms with van der Waals surface area (Å²) >= 11 is -0.750. The highest BCUT2D eigenvalue weighted by atomic mass is 32.1. The molecule has 4 unspecified atom stereocenters. The number of hydrogen-bond donors (Lipinski definition) is 0. The third-order valence-corrected chi connectivity index (χ3v) is 27.9. The lowest BCUT2D eigenvalue weighted by molar-refractivity contribution is -0.153. The molecular weight excluding hydrogens is 1910 g/mol. The van der Waals surface area contributed by atoms with E-state index in [4.69, 9.17) is 8.42 Å². The lowest BCUT2D eigenvalue weighted by Gasteiger charge is -2.42. The molecule has 5 saturated heterocycles. The van der Waals surface area contributed by atoms with Gasteiger partial charge in [0.2, 0.25) is 59.1 Å². The molecule has 760 valence electrons. The SMILES string of the molecule is Cc1ccc(N2C(=O)C(Cc3ccccc3)C(=O)N(Cc3ccccc3)C2=O)cc1.O=C1C(Cc2ccccc2)C(=O)N(C2CCCC2)C(=O)N1C1CCCC1.O=C1C(Cc2ccccc2)C(=O)N(C2CCCC2)C(=O)N1Cc1ccccc1.O=C1C(Cc2ccccc2)C(=O)N(c2ccc(-c3ccccc3)cc2)C(=O)N1Cc1ccccc1.O=C1C(Cc2ccccc2)C(=O)N(c2ccncc2)C(=O)N1c1ccccc1.O=S=O. The number of carbonyl (C=O) groups is 15. The Kier molecular flexibility index (Phi) is 35.6. The number of aromatic nitrogens is 1. The van der Waals surface area contributed by atoms with Crippen LogP contribution in [0.15, 0.2) is 376 Å². The van der Waals surface area contributed by atoms with Gasteiger partial charge < -0.3 is 0 Å². The number of nitrogens with zero attached hydrogens (tertiary/aromatic N) is 11. The van der Waals surface area contributed by atoms with Gasteiger partial charge in [-0.25, -0.2) is 43.6 Å². The van der Waals surface area contributed by atoms with Crippen LogP contribution in [-0.2, 0) is 111 Å². The number of pyridine rings is 1. The minimum atomic E-state index is -0.992. The molecule has 0 spiro atoms. The summed E-state index contributed by atoms with van der Waals surface area (Å²) in [5.74, 6) is -8.79. The van der Waals surface area contributed by atoms with Crippen LogP contribution in [0.4, 0.5) is 46.7 Å². The number of amides is 20. The van der Waals surface area contributed by atoms with Crippen molar-refractivity contribution in [1.82, 2.24) is 34.4 Å². The number of anilines is 4. The number of para-hydroxylation sites is 1. The fraction of sp³-hybridized carbons (Fsp3) is 0.240. The summed E-state index contributed by atoms with van der Waals surface area (Å²) in [6.07, 6.45) is 15.7. The first-order valence-electron chi connectivity index (χ1n) is 50.5. The molecule has 28 nitrogen and oxygen atoms in total. The average molecular weight is 2030 g/mol. The maximum Gasteiger partial charge on any atom is 0.342 e. The third kappa shape index (κ3) is 25.1. The monoisotopic (exact) mass is 2020 g/mol. The highest BCUT2D eigenvalue weighted by Crippen LogP contribution is 2.40. The van der Waals surface area contributed by atoms with Gasteiger partial charge in [-0.1, -0.05) is 360 Å². The van der Waals surface area contributed by atoms with Gasteiger partial charge in [0.1, 0.15) is 29.6 Å². The lowest BCUT2D eigenvalue weighted by Crippen LogP contribution is -2.64. The van der Waals surface area contributed by atoms with Crippen LogP contribution in [0.5, 0.6) is 0 Å². The van der Waals surface area contributed by atoms with Gasteiger partial charge in [-0.2, -0.15) is 8.42 Å². The van der Waals surface area contributed by atoms with Crippen LogP contribution >= 0.6 is 0 Å². The number of carbonyl (C=O) groups excluding carboxylic acids is 15. The number of urea groups is 5. The van der Waals surface area contributed by atoms with Crippen LogP contribution < -0.4 is 19.6 Å². The van der Waals surface area contributed by atoms with Crippen molar-refractivity contribution < 1.29 is 80.3 Å². The molecule has 29 heteroatoms. The Morgan fingerprint density at radius 2 is 0.433 bits per heavy atom. The smallest absolute Gasteiger partial charge is 0.273 e. The Bertz CT molecular complexity index is 6690. The second-order valence-electron chi connectivity index (χ2n) is 37.8. The molecule has 4 atom stereocenters. The molecule has 0 radical (unpaired) electrons. The molecule has 0 N–H and O–H groups in total. The molecule has 20 amide bonds. The molecule has 8 aliphatic rings. The quantitative estimate of drug-likeness (QED) is 0.0507. The minimum Gasteiger partial charge on any atom is -0.273 e. The van der Waals surface area contributed by atoms with E-state index in [1.807, 2.05) is 304 Å². The maximum absolute atomic E-state index is 13.6. The third-order valence-electron chi connectivity index (χ3n) is 27.9. The van der Waals surface area contributed by atoms with Crippen molar-refractivity contribution >= 4 is 124 Å². The molecule has 13 aromatic rings. The van der Waals surface area contributed by atoms with E-state index in [1.54, 1.807) is 66.7 Å². The summed E-state index contributed by atoms with van der Waals surface area (Å²) in [6, 6.07) is 109. The Morgan fingerprint density at radius 3 is 0.733 bits per heavy atom. The highest BCUT2D eigenvalue weighted by Gasteiger charge is 2.54. The first kappa shape index (κ1) is 105. The van der Waals surface area contributed by atoms with Crippen LogP contribution in [0.3, 0.4) is 0 Å². The van der Waals surface area contributed by atoms with Crippen molar-refractivity contribution in [3.8, 4) is 11.1 Å². The molecular formula is C121H113N11O17S. The predicted octanol–water partition coefficient (Wildman–Crippen LogP) is 20.1. The second-order valence-corrected chi connectivity index (χ2v) is 38.0. The van der Waals surface area contributed by atoms with Crippen molar-refractivity contribution in [1.29, 1.82) is 0 Å². The summed E-state index contributed by atoms with van der Waals surface area (Å²) < 4.78 is 16.6. The largest absolute Gasteiger partial charge is 0.342 e. The Hall–Kier alpha value is -17.3. The molecule has 3 saturated carbocycles. The summed E-state index contributed by atoms with van der Waals surface area (Å²) in [4.78, 5) is 215. The van der Waals surface area contributed by atoms with Crippen molar-refractivity contribution in [2.24, 2.45) is 29.6 Å². The number of barbiturate groups is 5. The molecule has 6 heterocycles. The fourth-order valence-corrected chi connectivity index (χ4v) is 20.3. The summed E-state index contributed by atoms with van der Waals surface area (Å²) in [7, 11) is 0. The van der Waals surface area contributed by atoms with Crippen LogP contribution in [-0.4, -0.2) is 150 Å². The molecule has 0 bridgehead atoms. The van der Waals surface area contributed by atoms with Crippen LogP contribution in [0.2, 0.25) is 0 Å². The van der Waals surface area contributed by atoms with Crippen LogP contribution in [0.1, 0.15) is 127 Å². The number of aryl methyl sites for hydroxylation is 1. The van der Waals surface area contributed by atoms with Gasteiger partial charge in [0.25, 0.3) is 0 Å². The van der Waals surface area contributed by atoms with Gasteiger partial charge in [0.15, 0.2) is 0 Å². The van der Waals surface area contributed by atoms with Crippen molar-refractivity contribution in [3.63, 3.8) is 0 Å². The molecule has 8 fully saturated rings. The number of imide groups is 10. The van der Waals surface area contributed by atoms with Gasteiger partial charge >= 0.3 is 41.7 Å². The highest BCUT2D eigenvalue weighted by molar-refractivity contribution is 7.51. The van der Waals surface area contributed by atoms with E-state index in [1.165, 1.54) is 41.8 Å². The normalized spacial score (nSPS) is 18.3. The molecule has 3 aliphatic carbocycles. The lowest BCUT2D eigenvalue weighted by atomic mass is 9.92. The van der Waals surface area contributed by atoms with Gasteiger partial charge in [0, 0.05) is 30.5 Å². The van der Waals surface area contributed by atoms with E-state index < -0.39 is 107 Å². The zero-order valence-electron chi connectivity index (χ0n) is 82.8. The molecule has 5 aliphatic heterocycles. The molecule has 12 aromatic carbocycles. The van der Waals surface area contributed by atoms with Gasteiger partial charge in [-0.3, -0.25) is 82.3 Å². The standard InChI is InChI=1S/C30H24N2O3.C25H22N2O3.C23H24N2O3.C22H17N3O3.C21H26N2O3.O2S/c33-28-27(20-22-10-4-1-5-11-22)29(34)32(30(35)31(28)21-23-12-6-2-7-13-23)26-18-16-25(17-19-26)24-14-8-3-9-15-24;1-18-12-14-21(15-13-18)27-24(29)22(16-19-8-4-2-5-9-19)23(28)26(25(27)30)17-20-10-6-3-7-11-20;26-21-20(15-17-9-3-1-4-10-17)22(27)25(19-13-7-8-14-19)23(28)24(21)16-18-11-5-2-6-12-18;26-20-19(15-16-7-3-1-4-8-16)21(27)25(18-11-13-23-14-12-18)22(28)24(20)17-9-5-2-6-10-17;24-19-18(14-15-8-2-1-3-9-15)20(25)23(17-12-6-7-13-17)21(26)22(19)16-10-4-5-11-16;1-3-2/h1-19,27H,20-21H2;2-15,22H,16-17H2,1H3;1-6,9-12,19-20H,7-8,13-16H2;1-14,19H,15H2;1-3,8-9,16-18H,4-7,10-14H2;. The van der Waals surface area contributed by atoms with Crippen molar-refractivity contribution in [3.05, 3.63) is 426 Å². The zero-order chi connectivity index (χ0) is 105. The number of benzene rings is 12. The minimum absolute atomic E-state index is 0.0368. The van der Waals surface area contributed by atoms with E-state index in [-0.39, 0.29) is 80.8 Å². The fourth-order valence-electron chi connectivity index (χ4n) is 20.3. The number of rotatable bonds is 24. The second kappa shape index (κ2) is 50.6. The van der Waals surface area contributed by atoms with E-state index in [2.05, 4.69) is 4.98 Å². The first-order valence-corrected chi connectivity index (χ1v) is 51.1. The maximum atomic E-state index is 13.6. The van der Waals surface area contributed by atoms with Crippen molar-refractivity contribution in [2.45, 2.75) is 154 Å². The zero-order valence-corrected chi connectivity index (χ0v) is 83.6. The molecule has 21 rings (SSSR count). The van der Waals surface area contributed by atoms with Gasteiger partial charge in [-0.05, 0) is 182 Å². The van der Waals surface area contributed by atoms with E-state index in [0.717, 1.165) is 158 Å². The molecule has 150 heavy (non-hydrogen) atoms. The Balaban J connectivity index is 0.000000133. The first-order chi connectivity index (χ1) is 73.0. The topological polar surface area (TPSA) is 335 Å². The van der Waals surface area contributed by atoms with E-state index >= 15 is 0 Å². The molecule has 1 aromatic heterocycles. The summed E-state index contributed by atoms with van der Waals surface area (Å²) in [5.41, 5.74) is 11.8. The van der Waals surface area contributed by atoms with Crippen LogP contribution in [0, 0.1) is 36.5 Å². The van der Waals surface area contributed by atoms with Crippen molar-refractivity contribution in [2.75, 3.05) is 19.6 Å². The van der Waals surface area contributed by atoms with Crippen LogP contribution in [0.25, 0.3) is 11.1 Å². The van der Waals surface area contributed by atoms with E-state index in [0.29, 0.717) is 35.6 Å². The summed E-state index contributed by atoms with van der Waals surface area (Å²) in [5, 5.41) is 0. The van der Waals surface area contributed by atoms with Gasteiger partial charge in [0.05, 0.1) is 42.4 Å². The Labute approximate surface area is 873 Å². The predicted molar refractivity (Wildman–Crippen MR) is 566 cm³/mol.